The average Bonchev–Trinajstić information content (AvgIpc) is 2.79. The third kappa shape index (κ3) is 3.23. The molecule has 1 aliphatic heterocycles. The van der Waals surface area contributed by atoms with Crippen LogP contribution in [0.5, 0.6) is 0 Å². The maximum atomic E-state index is 4.61. The Kier molecular flexibility index (Phi) is 5.01. The van der Waals surface area contributed by atoms with Crippen molar-refractivity contribution in [3.05, 3.63) is 22.3 Å². The molecule has 3 nitrogen and oxygen atoms in total. The Hall–Kier alpha value is -0.610. The van der Waals surface area contributed by atoms with Gasteiger partial charge in [0.2, 0.25) is 0 Å². The van der Waals surface area contributed by atoms with Crippen LogP contribution in [0.25, 0.3) is 0 Å². The predicted molar refractivity (Wildman–Crippen MR) is 79.9 cm³/mol. The first-order valence-corrected chi connectivity index (χ1v) is 7.57. The molecule has 18 heavy (non-hydrogen) atoms. The second-order valence-electron chi connectivity index (χ2n) is 5.06. The maximum absolute atomic E-state index is 4.61. The summed E-state index contributed by atoms with van der Waals surface area (Å²) < 4.78 is 1.06. The third-order valence-electron chi connectivity index (χ3n) is 3.56. The number of rotatable bonds is 5. The van der Waals surface area contributed by atoms with Gasteiger partial charge in [-0.1, -0.05) is 13.3 Å². The summed E-state index contributed by atoms with van der Waals surface area (Å²) in [6, 6.07) is 2.17. The van der Waals surface area contributed by atoms with E-state index in [0.717, 1.165) is 29.3 Å². The second kappa shape index (κ2) is 6.53. The van der Waals surface area contributed by atoms with Crippen LogP contribution in [0.3, 0.4) is 0 Å². The van der Waals surface area contributed by atoms with E-state index in [9.17, 15) is 0 Å². The lowest BCUT2D eigenvalue weighted by Gasteiger charge is -2.21. The zero-order valence-corrected chi connectivity index (χ0v) is 12.8. The number of aromatic nitrogens is 1. The maximum Gasteiger partial charge on any atom is 0.133 e. The molecule has 1 unspecified atom stereocenters. The molecule has 4 heteroatoms. The first-order chi connectivity index (χ1) is 8.74. The Labute approximate surface area is 118 Å². The van der Waals surface area contributed by atoms with Crippen molar-refractivity contribution in [2.24, 2.45) is 5.92 Å². The second-order valence-corrected chi connectivity index (χ2v) is 5.97. The van der Waals surface area contributed by atoms with Crippen molar-refractivity contribution >= 4 is 21.7 Å². The molecule has 0 aliphatic carbocycles. The van der Waals surface area contributed by atoms with Gasteiger partial charge in [0, 0.05) is 35.9 Å². The van der Waals surface area contributed by atoms with Gasteiger partial charge in [0.25, 0.3) is 0 Å². The van der Waals surface area contributed by atoms with E-state index in [2.05, 4.69) is 44.1 Å². The van der Waals surface area contributed by atoms with Crippen LogP contribution >= 0.6 is 15.9 Å². The zero-order chi connectivity index (χ0) is 13.0. The summed E-state index contributed by atoms with van der Waals surface area (Å²) in [4.78, 5) is 7.06. The van der Waals surface area contributed by atoms with E-state index in [0.29, 0.717) is 0 Å². The van der Waals surface area contributed by atoms with Crippen molar-refractivity contribution in [1.82, 2.24) is 10.3 Å². The molecule has 1 aromatic rings. The molecule has 1 aliphatic rings. The smallest absolute Gasteiger partial charge is 0.133 e. The van der Waals surface area contributed by atoms with Crippen LogP contribution in [0, 0.1) is 5.92 Å². The molecule has 1 atom stereocenters. The molecule has 2 heterocycles. The molecule has 1 aromatic heterocycles. The lowest BCUT2D eigenvalue weighted by Crippen LogP contribution is -2.23. The van der Waals surface area contributed by atoms with Gasteiger partial charge in [-0.2, -0.15) is 0 Å². The van der Waals surface area contributed by atoms with Gasteiger partial charge < -0.3 is 10.2 Å². The Balaban J connectivity index is 2.13. The van der Waals surface area contributed by atoms with Gasteiger partial charge in [-0.25, -0.2) is 4.98 Å². The minimum absolute atomic E-state index is 0.850. The van der Waals surface area contributed by atoms with E-state index in [1.54, 1.807) is 0 Å². The van der Waals surface area contributed by atoms with Gasteiger partial charge >= 0.3 is 0 Å². The van der Waals surface area contributed by atoms with Crippen LogP contribution in [0.4, 0.5) is 5.82 Å². The average molecular weight is 312 g/mol. The molecule has 2 rings (SSSR count). The highest BCUT2D eigenvalue weighted by Gasteiger charge is 2.24. The normalized spacial score (nSPS) is 19.5. The van der Waals surface area contributed by atoms with E-state index in [1.165, 1.54) is 31.4 Å². The van der Waals surface area contributed by atoms with Crippen molar-refractivity contribution in [1.29, 1.82) is 0 Å². The van der Waals surface area contributed by atoms with Crippen LogP contribution in [0.1, 0.15) is 31.7 Å². The molecule has 100 valence electrons. The minimum atomic E-state index is 0.850. The fourth-order valence-corrected chi connectivity index (χ4v) is 3.13. The predicted octanol–water partition coefficient (Wildman–Crippen LogP) is 3.19. The van der Waals surface area contributed by atoms with Crippen molar-refractivity contribution in [3.63, 3.8) is 0 Å². The molecular weight excluding hydrogens is 290 g/mol. The summed E-state index contributed by atoms with van der Waals surface area (Å²) in [5, 5.41) is 3.22. The van der Waals surface area contributed by atoms with Crippen LogP contribution < -0.4 is 10.2 Å². The number of hydrogen-bond donors (Lipinski definition) is 1. The topological polar surface area (TPSA) is 28.2 Å². The van der Waals surface area contributed by atoms with E-state index < -0.39 is 0 Å². The molecule has 0 radical (unpaired) electrons. The Morgan fingerprint density at radius 2 is 2.39 bits per heavy atom. The number of hydrogen-bond acceptors (Lipinski definition) is 3. The van der Waals surface area contributed by atoms with Crippen LogP contribution in [-0.2, 0) is 6.54 Å². The molecule has 0 bridgehead atoms. The Bertz CT molecular complexity index is 395. The van der Waals surface area contributed by atoms with Crippen LogP contribution in [-0.4, -0.2) is 25.1 Å². The SMILES string of the molecule is CCCC1CCN(c2ncc(Br)cc2CNC)C1. The molecule has 0 aromatic carbocycles. The summed E-state index contributed by atoms with van der Waals surface area (Å²) in [5.74, 6) is 2.01. The van der Waals surface area contributed by atoms with Gasteiger partial charge in [-0.3, -0.25) is 0 Å². The number of pyridine rings is 1. The quantitative estimate of drug-likeness (QED) is 0.905. The first-order valence-electron chi connectivity index (χ1n) is 6.78. The minimum Gasteiger partial charge on any atom is -0.356 e. The fourth-order valence-electron chi connectivity index (χ4n) is 2.75. The van der Waals surface area contributed by atoms with Crippen molar-refractivity contribution in [2.75, 3.05) is 25.0 Å². The first kappa shape index (κ1) is 13.8. The Morgan fingerprint density at radius 3 is 3.11 bits per heavy atom. The van der Waals surface area contributed by atoms with Crippen molar-refractivity contribution < 1.29 is 0 Å². The van der Waals surface area contributed by atoms with Gasteiger partial charge in [-0.15, -0.1) is 0 Å². The molecule has 1 saturated heterocycles. The van der Waals surface area contributed by atoms with Gasteiger partial charge in [-0.05, 0) is 47.8 Å². The van der Waals surface area contributed by atoms with E-state index in [1.807, 2.05) is 13.2 Å². The highest BCUT2D eigenvalue weighted by Crippen LogP contribution is 2.28. The fraction of sp³-hybridized carbons (Fsp3) is 0.643. The largest absolute Gasteiger partial charge is 0.356 e. The summed E-state index contributed by atoms with van der Waals surface area (Å²) in [6.45, 7) is 5.46. The van der Waals surface area contributed by atoms with Crippen molar-refractivity contribution in [2.45, 2.75) is 32.7 Å². The van der Waals surface area contributed by atoms with E-state index in [4.69, 9.17) is 0 Å². The molecule has 1 fully saturated rings. The summed E-state index contributed by atoms with van der Waals surface area (Å²) in [6.07, 6.45) is 5.84. The van der Waals surface area contributed by atoms with Gasteiger partial charge in [0.05, 0.1) is 0 Å². The number of nitrogens with one attached hydrogen (secondary N) is 1. The van der Waals surface area contributed by atoms with Gasteiger partial charge in [0.1, 0.15) is 5.82 Å². The summed E-state index contributed by atoms with van der Waals surface area (Å²) in [7, 11) is 1.98. The third-order valence-corrected chi connectivity index (χ3v) is 3.99. The number of nitrogens with zero attached hydrogens (tertiary/aromatic N) is 2. The molecular formula is C14H22BrN3. The highest BCUT2D eigenvalue weighted by molar-refractivity contribution is 9.10. The molecule has 1 N–H and O–H groups in total. The number of halogens is 1. The van der Waals surface area contributed by atoms with Crippen LogP contribution in [0.2, 0.25) is 0 Å². The summed E-state index contributed by atoms with van der Waals surface area (Å²) >= 11 is 3.50. The zero-order valence-electron chi connectivity index (χ0n) is 11.2. The lowest BCUT2D eigenvalue weighted by molar-refractivity contribution is 0.529. The van der Waals surface area contributed by atoms with Crippen molar-refractivity contribution in [3.8, 4) is 0 Å². The molecule has 0 amide bonds. The molecule has 0 spiro atoms. The monoisotopic (exact) mass is 311 g/mol. The van der Waals surface area contributed by atoms with E-state index >= 15 is 0 Å². The summed E-state index contributed by atoms with van der Waals surface area (Å²) in [5.41, 5.74) is 1.28. The standard InChI is InChI=1S/C14H22BrN3/c1-3-4-11-5-6-18(10-11)14-12(8-16-2)7-13(15)9-17-14/h7,9,11,16H,3-6,8,10H2,1-2H3. The van der Waals surface area contributed by atoms with Gasteiger partial charge in [0.15, 0.2) is 0 Å². The van der Waals surface area contributed by atoms with Crippen LogP contribution in [0.15, 0.2) is 16.7 Å². The molecule has 0 saturated carbocycles. The highest BCUT2D eigenvalue weighted by atomic mass is 79.9. The number of anilines is 1. The Morgan fingerprint density at radius 1 is 1.56 bits per heavy atom. The lowest BCUT2D eigenvalue weighted by atomic mass is 10.0. The van der Waals surface area contributed by atoms with E-state index in [-0.39, 0.29) is 0 Å².